The number of rotatable bonds is 7. The van der Waals surface area contributed by atoms with Crippen LogP contribution in [0.1, 0.15) is 52.7 Å². The Labute approximate surface area is 185 Å². The van der Waals surface area contributed by atoms with Crippen molar-refractivity contribution in [3.8, 4) is 0 Å². The van der Waals surface area contributed by atoms with Crippen LogP contribution in [0.4, 0.5) is 0 Å². The molecule has 0 saturated carbocycles. The first-order chi connectivity index (χ1) is 14.9. The lowest BCUT2D eigenvalue weighted by molar-refractivity contribution is 0.0950. The Morgan fingerprint density at radius 3 is 2.19 bits per heavy atom. The molecule has 2 saturated heterocycles. The van der Waals surface area contributed by atoms with E-state index in [1.807, 2.05) is 19.1 Å². The average molecular weight is 442 g/mol. The molecular weight excluding hydrogens is 410 g/mol. The van der Waals surface area contributed by atoms with E-state index in [1.54, 1.807) is 12.1 Å². The number of sulfonamides is 1. The molecule has 4 rings (SSSR count). The van der Waals surface area contributed by atoms with E-state index in [0.29, 0.717) is 25.2 Å². The van der Waals surface area contributed by atoms with Gasteiger partial charge in [-0.25, -0.2) is 8.42 Å². The number of benzene rings is 2. The van der Waals surface area contributed by atoms with Crippen molar-refractivity contribution >= 4 is 15.9 Å². The minimum absolute atomic E-state index is 0.191. The van der Waals surface area contributed by atoms with Gasteiger partial charge in [0.2, 0.25) is 10.0 Å². The van der Waals surface area contributed by atoms with Crippen molar-refractivity contribution in [2.75, 3.05) is 26.2 Å². The fourth-order valence-electron chi connectivity index (χ4n) is 4.32. The molecule has 7 heteroatoms. The lowest BCUT2D eigenvalue weighted by atomic mass is 10.1. The van der Waals surface area contributed by atoms with Gasteiger partial charge in [-0.1, -0.05) is 30.3 Å². The fourth-order valence-corrected chi connectivity index (χ4v) is 5.87. The van der Waals surface area contributed by atoms with Crippen molar-refractivity contribution in [1.82, 2.24) is 14.5 Å². The van der Waals surface area contributed by atoms with Gasteiger partial charge in [-0.05, 0) is 74.5 Å². The first-order valence-electron chi connectivity index (χ1n) is 11.1. The Morgan fingerprint density at radius 2 is 1.52 bits per heavy atom. The Hall–Kier alpha value is -2.22. The van der Waals surface area contributed by atoms with Gasteiger partial charge in [0.15, 0.2) is 0 Å². The van der Waals surface area contributed by atoms with Crippen LogP contribution in [0.2, 0.25) is 0 Å². The van der Waals surface area contributed by atoms with E-state index in [0.717, 1.165) is 30.5 Å². The Morgan fingerprint density at radius 1 is 0.903 bits per heavy atom. The quantitative estimate of drug-likeness (QED) is 0.716. The number of likely N-dealkylation sites (tertiary alicyclic amines) is 1. The van der Waals surface area contributed by atoms with Crippen LogP contribution in [0.25, 0.3) is 0 Å². The van der Waals surface area contributed by atoms with Crippen LogP contribution >= 0.6 is 0 Å². The lowest BCUT2D eigenvalue weighted by Crippen LogP contribution is -2.29. The predicted octanol–water partition coefficient (Wildman–Crippen LogP) is 3.31. The molecule has 0 bridgehead atoms. The molecule has 2 aliphatic rings. The summed E-state index contributed by atoms with van der Waals surface area (Å²) in [6.07, 6.45) is 4.33. The normalized spacial score (nSPS) is 17.8. The highest BCUT2D eigenvalue weighted by atomic mass is 32.2. The molecule has 1 N–H and O–H groups in total. The summed E-state index contributed by atoms with van der Waals surface area (Å²) in [6.45, 7) is 6.65. The van der Waals surface area contributed by atoms with Crippen molar-refractivity contribution in [2.24, 2.45) is 0 Å². The van der Waals surface area contributed by atoms with Gasteiger partial charge in [0.05, 0.1) is 4.90 Å². The Kier molecular flexibility index (Phi) is 6.74. The molecule has 31 heavy (non-hydrogen) atoms. The number of nitrogens with zero attached hydrogens (tertiary/aromatic N) is 2. The van der Waals surface area contributed by atoms with Gasteiger partial charge in [0.25, 0.3) is 5.91 Å². The monoisotopic (exact) mass is 441 g/mol. The number of carbonyl (C=O) groups is 1. The van der Waals surface area contributed by atoms with E-state index in [1.165, 1.54) is 41.9 Å². The second kappa shape index (κ2) is 9.51. The van der Waals surface area contributed by atoms with Crippen LogP contribution in [0.15, 0.2) is 47.4 Å². The van der Waals surface area contributed by atoms with Crippen molar-refractivity contribution in [2.45, 2.75) is 50.6 Å². The smallest absolute Gasteiger partial charge is 0.251 e. The Bertz CT molecular complexity index is 1020. The van der Waals surface area contributed by atoms with Crippen LogP contribution in [-0.2, 0) is 23.1 Å². The summed E-state index contributed by atoms with van der Waals surface area (Å²) in [5.74, 6) is -0.253. The van der Waals surface area contributed by atoms with Gasteiger partial charge in [-0.3, -0.25) is 9.69 Å². The van der Waals surface area contributed by atoms with Crippen LogP contribution in [-0.4, -0.2) is 49.7 Å². The van der Waals surface area contributed by atoms with Crippen molar-refractivity contribution in [3.05, 3.63) is 64.7 Å². The maximum Gasteiger partial charge on any atom is 0.251 e. The fraction of sp³-hybridized carbons (Fsp3) is 0.458. The van der Waals surface area contributed by atoms with Gasteiger partial charge in [-0.2, -0.15) is 4.31 Å². The molecule has 2 fully saturated rings. The third-order valence-corrected chi connectivity index (χ3v) is 8.13. The van der Waals surface area contributed by atoms with Crippen LogP contribution in [0.5, 0.6) is 0 Å². The third kappa shape index (κ3) is 5.17. The molecule has 2 aromatic rings. The van der Waals surface area contributed by atoms with Crippen LogP contribution in [0.3, 0.4) is 0 Å². The van der Waals surface area contributed by atoms with E-state index in [9.17, 15) is 13.2 Å². The van der Waals surface area contributed by atoms with E-state index in [2.05, 4.69) is 22.3 Å². The zero-order valence-electron chi connectivity index (χ0n) is 18.1. The molecule has 166 valence electrons. The summed E-state index contributed by atoms with van der Waals surface area (Å²) in [4.78, 5) is 15.5. The molecule has 0 aliphatic carbocycles. The largest absolute Gasteiger partial charge is 0.348 e. The molecule has 6 nitrogen and oxygen atoms in total. The highest BCUT2D eigenvalue weighted by Crippen LogP contribution is 2.23. The second-order valence-electron chi connectivity index (χ2n) is 8.57. The molecule has 0 atom stereocenters. The van der Waals surface area contributed by atoms with E-state index < -0.39 is 10.0 Å². The maximum absolute atomic E-state index is 12.8. The van der Waals surface area contributed by atoms with Crippen molar-refractivity contribution < 1.29 is 13.2 Å². The number of aryl methyl sites for hydroxylation is 1. The number of carbonyl (C=O) groups excluding carboxylic acids is 1. The zero-order chi connectivity index (χ0) is 21.8. The molecule has 2 heterocycles. The van der Waals surface area contributed by atoms with E-state index in [4.69, 9.17) is 0 Å². The Balaban J connectivity index is 1.40. The summed E-state index contributed by atoms with van der Waals surface area (Å²) < 4.78 is 27.2. The minimum Gasteiger partial charge on any atom is -0.348 e. The third-order valence-electron chi connectivity index (χ3n) is 6.24. The highest BCUT2D eigenvalue weighted by molar-refractivity contribution is 7.89. The molecule has 0 radical (unpaired) electrons. The summed E-state index contributed by atoms with van der Waals surface area (Å²) in [6, 6.07) is 13.2. The minimum atomic E-state index is -3.54. The molecule has 2 aliphatic heterocycles. The molecule has 0 spiro atoms. The number of amides is 1. The average Bonchev–Trinajstić information content (AvgIpc) is 3.48. The topological polar surface area (TPSA) is 69.7 Å². The van der Waals surface area contributed by atoms with Gasteiger partial charge >= 0.3 is 0 Å². The van der Waals surface area contributed by atoms with Crippen molar-refractivity contribution in [1.29, 1.82) is 0 Å². The molecular formula is C24H31N3O3S. The summed E-state index contributed by atoms with van der Waals surface area (Å²) in [5, 5.41) is 2.94. The van der Waals surface area contributed by atoms with Crippen LogP contribution < -0.4 is 5.32 Å². The lowest BCUT2D eigenvalue weighted by Gasteiger charge is -2.17. The first kappa shape index (κ1) is 22.0. The second-order valence-corrected chi connectivity index (χ2v) is 10.5. The molecule has 1 amide bonds. The van der Waals surface area contributed by atoms with Crippen molar-refractivity contribution in [3.63, 3.8) is 0 Å². The summed E-state index contributed by atoms with van der Waals surface area (Å²) >= 11 is 0. The maximum atomic E-state index is 12.8. The highest BCUT2D eigenvalue weighted by Gasteiger charge is 2.28. The first-order valence-corrected chi connectivity index (χ1v) is 12.6. The van der Waals surface area contributed by atoms with E-state index in [-0.39, 0.29) is 10.8 Å². The van der Waals surface area contributed by atoms with Gasteiger partial charge in [0, 0.05) is 31.7 Å². The molecule has 0 unspecified atom stereocenters. The summed E-state index contributed by atoms with van der Waals surface area (Å²) in [7, 11) is -3.54. The van der Waals surface area contributed by atoms with Gasteiger partial charge in [0.1, 0.15) is 0 Å². The number of nitrogens with one attached hydrogen (secondary N) is 1. The standard InChI is InChI=1S/C24H31N3O3S/c1-19-6-11-22(31(29,30)27-14-4-5-15-27)16-23(19)24(28)25-17-20-7-9-21(10-8-20)18-26-12-2-3-13-26/h6-11,16H,2-5,12-15,17-18H2,1H3,(H,25,28). The predicted molar refractivity (Wildman–Crippen MR) is 121 cm³/mol. The van der Waals surface area contributed by atoms with Gasteiger partial charge < -0.3 is 5.32 Å². The number of hydrogen-bond acceptors (Lipinski definition) is 4. The van der Waals surface area contributed by atoms with E-state index >= 15 is 0 Å². The van der Waals surface area contributed by atoms with Crippen LogP contribution in [0, 0.1) is 6.92 Å². The SMILES string of the molecule is Cc1ccc(S(=O)(=O)N2CCCC2)cc1C(=O)NCc1ccc(CN2CCCC2)cc1. The molecule has 0 aromatic heterocycles. The number of hydrogen-bond donors (Lipinski definition) is 1. The zero-order valence-corrected chi connectivity index (χ0v) is 19.0. The summed E-state index contributed by atoms with van der Waals surface area (Å²) in [5.41, 5.74) is 3.48. The van der Waals surface area contributed by atoms with Gasteiger partial charge in [-0.15, -0.1) is 0 Å². The molecule has 2 aromatic carbocycles.